The van der Waals surface area contributed by atoms with Crippen LogP contribution in [0.25, 0.3) is 0 Å². The molecule has 126 valence electrons. The van der Waals surface area contributed by atoms with Crippen LogP contribution in [0.4, 0.5) is 0 Å². The van der Waals surface area contributed by atoms with Gasteiger partial charge in [-0.25, -0.2) is 0 Å². The second-order valence-corrected chi connectivity index (χ2v) is 6.02. The van der Waals surface area contributed by atoms with E-state index in [1.165, 1.54) is 7.11 Å². The Morgan fingerprint density at radius 2 is 1.87 bits per heavy atom. The molecule has 0 aliphatic rings. The maximum absolute atomic E-state index is 12.1. The molecule has 0 heterocycles. The molecule has 0 saturated heterocycles. The third kappa shape index (κ3) is 4.81. The number of carbonyl (C=O) groups excluding carboxylic acids is 3. The highest BCUT2D eigenvalue weighted by Gasteiger charge is 2.35. The lowest BCUT2D eigenvalue weighted by Gasteiger charge is -2.29. The van der Waals surface area contributed by atoms with Gasteiger partial charge in [0.15, 0.2) is 0 Å². The normalized spacial score (nSPS) is 12.3. The number of hydrogen-bond acceptors (Lipinski definition) is 4. The van der Waals surface area contributed by atoms with Crippen LogP contribution in [0.15, 0.2) is 24.3 Å². The Bertz CT molecular complexity index is 596. The number of esters is 1. The number of carbonyl (C=O) groups is 3. The molecule has 0 bridgehead atoms. The monoisotopic (exact) mass is 320 g/mol. The number of nitrogens with one attached hydrogen (secondary N) is 1. The first kappa shape index (κ1) is 18.7. The number of aryl methyl sites for hydroxylation is 1. The summed E-state index contributed by atoms with van der Waals surface area (Å²) in [5, 5.41) is 2.80. The summed E-state index contributed by atoms with van der Waals surface area (Å²) in [4.78, 5) is 35.2. The maximum atomic E-state index is 12.1. The van der Waals surface area contributed by atoms with Crippen LogP contribution >= 0.6 is 0 Å². The number of methoxy groups -OCH3 is 1. The lowest BCUT2D eigenvalue weighted by molar-refractivity contribution is -0.152. The largest absolute Gasteiger partial charge is 0.469 e. The SMILES string of the molecule is COC(=O)C(C)(C)[C@H](C)NC(=O)CCc1ccccc1C(N)=O. The van der Waals surface area contributed by atoms with Crippen LogP contribution in [0.1, 0.15) is 43.1 Å². The van der Waals surface area contributed by atoms with Crippen LogP contribution in [0.2, 0.25) is 0 Å². The van der Waals surface area contributed by atoms with Crippen molar-refractivity contribution in [3.8, 4) is 0 Å². The van der Waals surface area contributed by atoms with Crippen LogP contribution in [-0.4, -0.2) is 30.9 Å². The van der Waals surface area contributed by atoms with Crippen molar-refractivity contribution in [2.45, 2.75) is 39.7 Å². The average molecular weight is 320 g/mol. The van der Waals surface area contributed by atoms with Crippen molar-refractivity contribution in [1.29, 1.82) is 0 Å². The number of amides is 2. The lowest BCUT2D eigenvalue weighted by Crippen LogP contribution is -2.47. The standard InChI is InChI=1S/C17H24N2O4/c1-11(17(2,3)16(22)23-4)19-14(20)10-9-12-7-5-6-8-13(12)15(18)21/h5-8,11H,9-10H2,1-4H3,(H2,18,21)(H,19,20)/t11-/m0/s1. The van der Waals surface area contributed by atoms with Gasteiger partial charge in [-0.15, -0.1) is 0 Å². The third-order valence-electron chi connectivity index (χ3n) is 4.08. The first-order chi connectivity index (χ1) is 10.7. The quantitative estimate of drug-likeness (QED) is 0.742. The number of nitrogens with two attached hydrogens (primary N) is 1. The van der Waals surface area contributed by atoms with Gasteiger partial charge in [0.1, 0.15) is 0 Å². The molecule has 1 aromatic rings. The van der Waals surface area contributed by atoms with E-state index < -0.39 is 11.3 Å². The molecule has 2 amide bonds. The van der Waals surface area contributed by atoms with Crippen molar-refractivity contribution >= 4 is 17.8 Å². The van der Waals surface area contributed by atoms with Crippen molar-refractivity contribution in [2.24, 2.45) is 11.1 Å². The topological polar surface area (TPSA) is 98.5 Å². The fourth-order valence-electron chi connectivity index (χ4n) is 2.16. The zero-order valence-corrected chi connectivity index (χ0v) is 14.0. The molecule has 6 nitrogen and oxygen atoms in total. The molecule has 0 unspecified atom stereocenters. The summed E-state index contributed by atoms with van der Waals surface area (Å²) in [6, 6.07) is 6.55. The zero-order valence-electron chi connectivity index (χ0n) is 14.0. The van der Waals surface area contributed by atoms with E-state index in [-0.39, 0.29) is 24.3 Å². The molecule has 0 aliphatic heterocycles. The van der Waals surface area contributed by atoms with Gasteiger partial charge >= 0.3 is 5.97 Å². The van der Waals surface area contributed by atoms with Gasteiger partial charge in [0.25, 0.3) is 0 Å². The Labute approximate surface area is 136 Å². The predicted octanol–water partition coefficient (Wildman–Crippen LogP) is 1.42. The fraction of sp³-hybridized carbons (Fsp3) is 0.471. The highest BCUT2D eigenvalue weighted by atomic mass is 16.5. The van der Waals surface area contributed by atoms with Crippen LogP contribution in [0.5, 0.6) is 0 Å². The van der Waals surface area contributed by atoms with E-state index >= 15 is 0 Å². The first-order valence-corrected chi connectivity index (χ1v) is 7.45. The molecular weight excluding hydrogens is 296 g/mol. The molecule has 0 aliphatic carbocycles. The predicted molar refractivity (Wildman–Crippen MR) is 86.7 cm³/mol. The highest BCUT2D eigenvalue weighted by Crippen LogP contribution is 2.22. The van der Waals surface area contributed by atoms with Crippen molar-refractivity contribution < 1.29 is 19.1 Å². The Hall–Kier alpha value is -2.37. The summed E-state index contributed by atoms with van der Waals surface area (Å²) >= 11 is 0. The molecular formula is C17H24N2O4. The smallest absolute Gasteiger partial charge is 0.313 e. The third-order valence-corrected chi connectivity index (χ3v) is 4.08. The Morgan fingerprint density at radius 1 is 1.26 bits per heavy atom. The van der Waals surface area contributed by atoms with Gasteiger partial charge in [-0.05, 0) is 38.8 Å². The maximum Gasteiger partial charge on any atom is 0.313 e. The molecule has 23 heavy (non-hydrogen) atoms. The van der Waals surface area contributed by atoms with Gasteiger partial charge in [-0.3, -0.25) is 14.4 Å². The minimum Gasteiger partial charge on any atom is -0.469 e. The molecule has 0 fully saturated rings. The van der Waals surface area contributed by atoms with E-state index in [2.05, 4.69) is 5.32 Å². The van der Waals surface area contributed by atoms with Crippen LogP contribution in [0, 0.1) is 5.41 Å². The second kappa shape index (κ2) is 7.76. The summed E-state index contributed by atoms with van der Waals surface area (Å²) in [6.07, 6.45) is 0.599. The summed E-state index contributed by atoms with van der Waals surface area (Å²) in [5.74, 6) is -1.10. The first-order valence-electron chi connectivity index (χ1n) is 7.45. The van der Waals surface area contributed by atoms with Gasteiger partial charge < -0.3 is 15.8 Å². The Kier molecular flexibility index (Phi) is 6.30. The molecule has 0 spiro atoms. The van der Waals surface area contributed by atoms with Gasteiger partial charge in [0.2, 0.25) is 11.8 Å². The van der Waals surface area contributed by atoms with Gasteiger partial charge in [-0.1, -0.05) is 18.2 Å². The Balaban J connectivity index is 2.65. The lowest BCUT2D eigenvalue weighted by atomic mass is 9.85. The van der Waals surface area contributed by atoms with E-state index in [1.807, 2.05) is 0 Å². The number of primary amides is 1. The number of hydrogen-bond donors (Lipinski definition) is 2. The van der Waals surface area contributed by atoms with E-state index in [0.29, 0.717) is 12.0 Å². The van der Waals surface area contributed by atoms with Crippen LogP contribution in [0.3, 0.4) is 0 Å². The highest BCUT2D eigenvalue weighted by molar-refractivity contribution is 5.94. The molecule has 1 aromatic carbocycles. The Morgan fingerprint density at radius 3 is 2.43 bits per heavy atom. The van der Waals surface area contributed by atoms with E-state index in [1.54, 1.807) is 45.0 Å². The summed E-state index contributed by atoms with van der Waals surface area (Å²) in [7, 11) is 1.32. The summed E-state index contributed by atoms with van der Waals surface area (Å²) < 4.78 is 4.75. The number of rotatable bonds is 7. The van der Waals surface area contributed by atoms with Crippen molar-refractivity contribution in [2.75, 3.05) is 7.11 Å². The molecule has 1 atom stereocenters. The van der Waals surface area contributed by atoms with Crippen molar-refractivity contribution in [3.63, 3.8) is 0 Å². The van der Waals surface area contributed by atoms with E-state index in [9.17, 15) is 14.4 Å². The van der Waals surface area contributed by atoms with Gasteiger partial charge in [0.05, 0.1) is 12.5 Å². The second-order valence-electron chi connectivity index (χ2n) is 6.02. The molecule has 6 heteroatoms. The van der Waals surface area contributed by atoms with Crippen molar-refractivity contribution in [1.82, 2.24) is 5.32 Å². The molecule has 0 radical (unpaired) electrons. The van der Waals surface area contributed by atoms with E-state index in [0.717, 1.165) is 5.56 Å². The average Bonchev–Trinajstić information content (AvgIpc) is 2.51. The molecule has 0 aromatic heterocycles. The summed E-state index contributed by atoms with van der Waals surface area (Å²) in [5.41, 5.74) is 5.64. The van der Waals surface area contributed by atoms with Gasteiger partial charge in [0, 0.05) is 18.0 Å². The van der Waals surface area contributed by atoms with Crippen molar-refractivity contribution in [3.05, 3.63) is 35.4 Å². The minimum atomic E-state index is -0.824. The molecule has 3 N–H and O–H groups in total. The minimum absolute atomic E-state index is 0.200. The zero-order chi connectivity index (χ0) is 17.6. The van der Waals surface area contributed by atoms with Crippen LogP contribution < -0.4 is 11.1 Å². The van der Waals surface area contributed by atoms with Crippen LogP contribution in [-0.2, 0) is 20.7 Å². The molecule has 0 saturated carbocycles. The molecule has 1 rings (SSSR count). The number of benzene rings is 1. The number of ether oxygens (including phenoxy) is 1. The van der Waals surface area contributed by atoms with E-state index in [4.69, 9.17) is 10.5 Å². The summed E-state index contributed by atoms with van der Waals surface area (Å²) in [6.45, 7) is 5.19. The van der Waals surface area contributed by atoms with Gasteiger partial charge in [-0.2, -0.15) is 0 Å². The fourth-order valence-corrected chi connectivity index (χ4v) is 2.16.